The smallest absolute Gasteiger partial charge is 0.240 e. The summed E-state index contributed by atoms with van der Waals surface area (Å²) in [5.41, 5.74) is -0.354. The topological polar surface area (TPSA) is 62.1 Å². The number of nitrogens with zero attached hydrogens (tertiary/aromatic N) is 1. The molecule has 0 aromatic heterocycles. The molecule has 0 spiro atoms. The molecular weight excluding hydrogens is 240 g/mol. The zero-order chi connectivity index (χ0) is 14.3. The first-order chi connectivity index (χ1) is 8.78. The first-order valence-corrected chi connectivity index (χ1v) is 7.05. The van der Waals surface area contributed by atoms with Crippen molar-refractivity contribution < 1.29 is 9.53 Å². The summed E-state index contributed by atoms with van der Waals surface area (Å²) in [5, 5.41) is 12.3. The monoisotopic (exact) mass is 264 g/mol. The van der Waals surface area contributed by atoms with E-state index in [1.54, 1.807) is 0 Å². The third kappa shape index (κ3) is 2.14. The van der Waals surface area contributed by atoms with E-state index in [1.807, 2.05) is 0 Å². The number of ether oxygens (including phenoxy) is 1. The predicted octanol–water partition coefficient (Wildman–Crippen LogP) is 2.11. The van der Waals surface area contributed by atoms with E-state index < -0.39 is 5.41 Å². The maximum Gasteiger partial charge on any atom is 0.240 e. The van der Waals surface area contributed by atoms with Gasteiger partial charge in [-0.25, -0.2) is 0 Å². The molecule has 2 rings (SSSR count). The van der Waals surface area contributed by atoms with Crippen molar-refractivity contribution in [2.75, 3.05) is 19.8 Å². The van der Waals surface area contributed by atoms with Crippen molar-refractivity contribution in [3.63, 3.8) is 0 Å². The molecule has 1 amide bonds. The quantitative estimate of drug-likeness (QED) is 0.849. The highest BCUT2D eigenvalue weighted by molar-refractivity contribution is 5.85. The van der Waals surface area contributed by atoms with Crippen LogP contribution in [0.15, 0.2) is 0 Å². The van der Waals surface area contributed by atoms with Crippen LogP contribution in [0.3, 0.4) is 0 Å². The van der Waals surface area contributed by atoms with Gasteiger partial charge in [0.1, 0.15) is 5.41 Å². The summed E-state index contributed by atoms with van der Waals surface area (Å²) in [4.78, 5) is 12.3. The molecule has 1 saturated carbocycles. The lowest BCUT2D eigenvalue weighted by Crippen LogP contribution is -2.44. The average Bonchev–Trinajstić information content (AvgIpc) is 2.77. The van der Waals surface area contributed by atoms with Crippen LogP contribution in [0, 0.1) is 33.5 Å². The van der Waals surface area contributed by atoms with Crippen LogP contribution < -0.4 is 5.32 Å². The van der Waals surface area contributed by atoms with E-state index in [0.29, 0.717) is 38.5 Å². The van der Waals surface area contributed by atoms with Gasteiger partial charge in [0.2, 0.25) is 5.91 Å². The van der Waals surface area contributed by atoms with Crippen molar-refractivity contribution in [2.45, 2.75) is 40.5 Å². The van der Waals surface area contributed by atoms with Crippen molar-refractivity contribution in [2.24, 2.45) is 22.2 Å². The molecule has 4 nitrogen and oxygen atoms in total. The van der Waals surface area contributed by atoms with Gasteiger partial charge in [0.15, 0.2) is 0 Å². The molecule has 2 fully saturated rings. The number of carbonyl (C=O) groups excluding carboxylic acids is 1. The molecule has 2 aliphatic rings. The lowest BCUT2D eigenvalue weighted by atomic mass is 9.81. The van der Waals surface area contributed by atoms with Crippen LogP contribution in [-0.4, -0.2) is 25.7 Å². The Morgan fingerprint density at radius 3 is 2.21 bits per heavy atom. The first-order valence-electron chi connectivity index (χ1n) is 7.05. The zero-order valence-electron chi connectivity index (χ0n) is 12.4. The van der Waals surface area contributed by atoms with Gasteiger partial charge in [-0.05, 0) is 29.6 Å². The van der Waals surface area contributed by atoms with Gasteiger partial charge in [-0.15, -0.1) is 0 Å². The Morgan fingerprint density at radius 1 is 1.26 bits per heavy atom. The lowest BCUT2D eigenvalue weighted by Gasteiger charge is -2.29. The third-order valence-corrected chi connectivity index (χ3v) is 5.78. The molecule has 1 N–H and O–H groups in total. The largest absolute Gasteiger partial charge is 0.381 e. The van der Waals surface area contributed by atoms with Crippen LogP contribution in [0.4, 0.5) is 0 Å². The minimum absolute atomic E-state index is 0.114. The molecule has 19 heavy (non-hydrogen) atoms. The second kappa shape index (κ2) is 4.49. The fraction of sp³-hybridized carbons (Fsp3) is 0.867. The van der Waals surface area contributed by atoms with E-state index in [2.05, 4.69) is 39.1 Å². The number of hydrogen-bond acceptors (Lipinski definition) is 3. The van der Waals surface area contributed by atoms with Crippen molar-refractivity contribution in [3.8, 4) is 6.07 Å². The Bertz CT molecular complexity index is 400. The summed E-state index contributed by atoms with van der Waals surface area (Å²) < 4.78 is 5.25. The van der Waals surface area contributed by atoms with Gasteiger partial charge in [0, 0.05) is 19.8 Å². The summed E-state index contributed by atoms with van der Waals surface area (Å²) in [7, 11) is 0. The number of hydrogen-bond donors (Lipinski definition) is 1. The standard InChI is InChI=1S/C15H24N2O2/c1-13(2)11(14(13,3)4)9-17-12(18)15(10-16)5-7-19-8-6-15/h11H,5-9H2,1-4H3,(H,17,18). The molecule has 1 heterocycles. The highest BCUT2D eigenvalue weighted by Crippen LogP contribution is 2.67. The van der Waals surface area contributed by atoms with Crippen LogP contribution in [0.25, 0.3) is 0 Å². The summed E-state index contributed by atoms with van der Waals surface area (Å²) >= 11 is 0. The molecule has 0 aromatic rings. The van der Waals surface area contributed by atoms with Gasteiger partial charge in [-0.3, -0.25) is 4.79 Å². The van der Waals surface area contributed by atoms with Crippen LogP contribution in [-0.2, 0) is 9.53 Å². The molecule has 106 valence electrons. The highest BCUT2D eigenvalue weighted by Gasteiger charge is 2.64. The Hall–Kier alpha value is -1.08. The molecule has 1 aliphatic heterocycles. The summed E-state index contributed by atoms with van der Waals surface area (Å²) in [6.45, 7) is 10.6. The highest BCUT2D eigenvalue weighted by atomic mass is 16.5. The van der Waals surface area contributed by atoms with E-state index >= 15 is 0 Å². The van der Waals surface area contributed by atoms with E-state index in [4.69, 9.17) is 4.74 Å². The Labute approximate surface area is 115 Å². The van der Waals surface area contributed by atoms with E-state index in [1.165, 1.54) is 0 Å². The van der Waals surface area contributed by atoms with Gasteiger partial charge in [0.25, 0.3) is 0 Å². The molecule has 0 bridgehead atoms. The summed E-state index contributed by atoms with van der Waals surface area (Å²) in [6, 6.07) is 2.21. The molecule has 0 atom stereocenters. The minimum atomic E-state index is -0.874. The van der Waals surface area contributed by atoms with E-state index in [-0.39, 0.29) is 16.7 Å². The van der Waals surface area contributed by atoms with Crippen molar-refractivity contribution in [1.29, 1.82) is 5.26 Å². The average molecular weight is 264 g/mol. The lowest BCUT2D eigenvalue weighted by molar-refractivity contribution is -0.132. The van der Waals surface area contributed by atoms with E-state index in [9.17, 15) is 10.1 Å². The normalized spacial score (nSPS) is 27.3. The second-order valence-corrected chi connectivity index (χ2v) is 7.01. The van der Waals surface area contributed by atoms with Crippen molar-refractivity contribution >= 4 is 5.91 Å². The number of nitriles is 1. The minimum Gasteiger partial charge on any atom is -0.381 e. The van der Waals surface area contributed by atoms with Crippen LogP contribution in [0.2, 0.25) is 0 Å². The molecule has 0 radical (unpaired) electrons. The first kappa shape index (κ1) is 14.3. The fourth-order valence-electron chi connectivity index (χ4n) is 3.32. The van der Waals surface area contributed by atoms with Gasteiger partial charge in [0.05, 0.1) is 6.07 Å². The van der Waals surface area contributed by atoms with Gasteiger partial charge in [-0.1, -0.05) is 27.7 Å². The number of carbonyl (C=O) groups is 1. The summed E-state index contributed by atoms with van der Waals surface area (Å²) in [6.07, 6.45) is 1.01. The van der Waals surface area contributed by atoms with E-state index in [0.717, 1.165) is 0 Å². The maximum absolute atomic E-state index is 12.3. The molecule has 4 heteroatoms. The van der Waals surface area contributed by atoms with Gasteiger partial charge < -0.3 is 10.1 Å². The van der Waals surface area contributed by atoms with Crippen LogP contribution in [0.5, 0.6) is 0 Å². The van der Waals surface area contributed by atoms with Crippen molar-refractivity contribution in [1.82, 2.24) is 5.32 Å². The Balaban J connectivity index is 1.94. The summed E-state index contributed by atoms with van der Waals surface area (Å²) in [5.74, 6) is 0.372. The molecule has 1 saturated heterocycles. The van der Waals surface area contributed by atoms with Crippen molar-refractivity contribution in [3.05, 3.63) is 0 Å². The van der Waals surface area contributed by atoms with Crippen LogP contribution >= 0.6 is 0 Å². The molecule has 1 aliphatic carbocycles. The number of amides is 1. The third-order valence-electron chi connectivity index (χ3n) is 5.78. The zero-order valence-corrected chi connectivity index (χ0v) is 12.4. The Morgan fingerprint density at radius 2 is 1.79 bits per heavy atom. The predicted molar refractivity (Wildman–Crippen MR) is 72.2 cm³/mol. The Kier molecular flexibility index (Phi) is 3.38. The molecule has 0 unspecified atom stereocenters. The molecule has 0 aromatic carbocycles. The fourth-order valence-corrected chi connectivity index (χ4v) is 3.32. The van der Waals surface area contributed by atoms with Gasteiger partial charge >= 0.3 is 0 Å². The number of rotatable bonds is 3. The number of nitrogens with one attached hydrogen (secondary N) is 1. The molecular formula is C15H24N2O2. The second-order valence-electron chi connectivity index (χ2n) is 7.01. The maximum atomic E-state index is 12.3. The van der Waals surface area contributed by atoms with Crippen LogP contribution in [0.1, 0.15) is 40.5 Å². The van der Waals surface area contributed by atoms with Gasteiger partial charge in [-0.2, -0.15) is 5.26 Å². The SMILES string of the molecule is CC1(C)C(CNC(=O)C2(C#N)CCOCC2)C1(C)C.